The molecule has 1 aliphatic heterocycles. The molecule has 0 radical (unpaired) electrons. The first kappa shape index (κ1) is 17.4. The van der Waals surface area contributed by atoms with Crippen LogP contribution in [0.4, 0.5) is 18.9 Å². The van der Waals surface area contributed by atoms with E-state index in [2.05, 4.69) is 4.98 Å². The normalized spacial score (nSPS) is 25.0. The van der Waals surface area contributed by atoms with Crippen LogP contribution in [0.5, 0.6) is 0 Å². The van der Waals surface area contributed by atoms with Gasteiger partial charge in [0.05, 0.1) is 17.7 Å². The molecular formula is C19H21F3N2O2. The van der Waals surface area contributed by atoms with E-state index in [0.717, 1.165) is 25.7 Å². The monoisotopic (exact) mass is 366 g/mol. The van der Waals surface area contributed by atoms with Gasteiger partial charge in [0, 0.05) is 28.7 Å². The summed E-state index contributed by atoms with van der Waals surface area (Å²) in [5.41, 5.74) is -0.872. The lowest BCUT2D eigenvalue weighted by atomic mass is 10.0. The molecule has 4 nitrogen and oxygen atoms in total. The van der Waals surface area contributed by atoms with Crippen LogP contribution in [-0.2, 0) is 6.18 Å². The van der Waals surface area contributed by atoms with Gasteiger partial charge >= 0.3 is 6.18 Å². The number of fused-ring (bicyclic) bond motifs is 1. The fraction of sp³-hybridized carbons (Fsp3) is 0.526. The molecule has 7 heteroatoms. The molecule has 1 saturated heterocycles. The summed E-state index contributed by atoms with van der Waals surface area (Å²) >= 11 is 0. The lowest BCUT2D eigenvalue weighted by Crippen LogP contribution is -2.43. The van der Waals surface area contributed by atoms with E-state index >= 15 is 0 Å². The van der Waals surface area contributed by atoms with Crippen molar-refractivity contribution in [1.29, 1.82) is 0 Å². The second kappa shape index (κ2) is 6.01. The third-order valence-corrected chi connectivity index (χ3v) is 5.64. The van der Waals surface area contributed by atoms with Gasteiger partial charge in [-0.05, 0) is 56.7 Å². The number of H-pyrrole nitrogens is 1. The molecule has 3 atom stereocenters. The minimum Gasteiger partial charge on any atom is -0.391 e. The maximum atomic E-state index is 13.4. The Morgan fingerprint density at radius 1 is 1.19 bits per heavy atom. The summed E-state index contributed by atoms with van der Waals surface area (Å²) in [4.78, 5) is 16.1. The maximum absolute atomic E-state index is 13.4. The molecule has 0 amide bonds. The molecule has 4 rings (SSSR count). The second-order valence-electron chi connectivity index (χ2n) is 7.50. The zero-order valence-corrected chi connectivity index (χ0v) is 14.4. The molecule has 26 heavy (non-hydrogen) atoms. The van der Waals surface area contributed by atoms with Gasteiger partial charge in [0.2, 0.25) is 5.56 Å². The largest absolute Gasteiger partial charge is 0.417 e. The van der Waals surface area contributed by atoms with Crippen LogP contribution in [0.25, 0.3) is 10.9 Å². The zero-order valence-electron chi connectivity index (χ0n) is 14.4. The van der Waals surface area contributed by atoms with Crippen molar-refractivity contribution in [1.82, 2.24) is 4.98 Å². The van der Waals surface area contributed by atoms with Crippen molar-refractivity contribution >= 4 is 16.6 Å². The van der Waals surface area contributed by atoms with Gasteiger partial charge in [-0.2, -0.15) is 13.2 Å². The molecule has 0 unspecified atom stereocenters. The van der Waals surface area contributed by atoms with Crippen LogP contribution < -0.4 is 10.5 Å². The van der Waals surface area contributed by atoms with E-state index in [0.29, 0.717) is 17.7 Å². The fourth-order valence-corrected chi connectivity index (χ4v) is 4.19. The molecule has 1 aromatic carbocycles. The number of alkyl halides is 3. The molecule has 1 aromatic heterocycles. The van der Waals surface area contributed by atoms with Crippen LogP contribution in [0, 0.1) is 5.92 Å². The van der Waals surface area contributed by atoms with Crippen LogP contribution in [0.15, 0.2) is 29.1 Å². The minimum absolute atomic E-state index is 0.0200. The van der Waals surface area contributed by atoms with Gasteiger partial charge in [-0.25, -0.2) is 0 Å². The van der Waals surface area contributed by atoms with Crippen LogP contribution in [-0.4, -0.2) is 28.3 Å². The number of aromatic nitrogens is 1. The van der Waals surface area contributed by atoms with E-state index in [1.54, 1.807) is 6.07 Å². The first-order valence-electron chi connectivity index (χ1n) is 8.96. The van der Waals surface area contributed by atoms with Gasteiger partial charge in [-0.1, -0.05) is 0 Å². The van der Waals surface area contributed by atoms with E-state index in [4.69, 9.17) is 0 Å². The summed E-state index contributed by atoms with van der Waals surface area (Å²) in [5, 5.41) is 10.6. The average Bonchev–Trinajstić information content (AvgIpc) is 3.35. The third kappa shape index (κ3) is 2.98. The highest BCUT2D eigenvalue weighted by Crippen LogP contribution is 2.42. The smallest absolute Gasteiger partial charge is 0.391 e. The number of benzene rings is 1. The number of aromatic amines is 1. The van der Waals surface area contributed by atoms with E-state index in [9.17, 15) is 23.1 Å². The minimum atomic E-state index is -4.60. The number of aliphatic hydroxyl groups excluding tert-OH is 1. The molecule has 1 aliphatic carbocycles. The third-order valence-electron chi connectivity index (χ3n) is 5.64. The average molecular weight is 366 g/mol. The van der Waals surface area contributed by atoms with Crippen molar-refractivity contribution in [3.8, 4) is 0 Å². The van der Waals surface area contributed by atoms with Crippen molar-refractivity contribution in [2.24, 2.45) is 5.92 Å². The Morgan fingerprint density at radius 3 is 2.58 bits per heavy atom. The van der Waals surface area contributed by atoms with E-state index in [1.165, 1.54) is 12.1 Å². The fourth-order valence-electron chi connectivity index (χ4n) is 4.19. The Labute approximate surface area is 148 Å². The van der Waals surface area contributed by atoms with E-state index in [1.807, 2.05) is 11.8 Å². The summed E-state index contributed by atoms with van der Waals surface area (Å²) in [7, 11) is 0. The predicted octanol–water partition coefficient (Wildman–Crippen LogP) is 3.68. The van der Waals surface area contributed by atoms with Gasteiger partial charge in [0.25, 0.3) is 0 Å². The van der Waals surface area contributed by atoms with Crippen LogP contribution in [0.1, 0.15) is 38.2 Å². The van der Waals surface area contributed by atoms with Gasteiger partial charge in [-0.15, -0.1) is 0 Å². The number of halogens is 3. The van der Waals surface area contributed by atoms with E-state index in [-0.39, 0.29) is 23.0 Å². The Bertz CT molecular complexity index is 888. The Kier molecular flexibility index (Phi) is 4.02. The zero-order chi connectivity index (χ0) is 18.6. The molecular weight excluding hydrogens is 345 g/mol. The van der Waals surface area contributed by atoms with Crippen molar-refractivity contribution in [2.45, 2.75) is 57.0 Å². The van der Waals surface area contributed by atoms with E-state index < -0.39 is 23.4 Å². The summed E-state index contributed by atoms with van der Waals surface area (Å²) in [6, 6.07) is 5.41. The highest BCUT2D eigenvalue weighted by atomic mass is 19.4. The number of hydrogen-bond donors (Lipinski definition) is 2. The molecule has 0 bridgehead atoms. The molecule has 2 aliphatic rings. The number of anilines is 1. The molecule has 0 spiro atoms. The highest BCUT2D eigenvalue weighted by Gasteiger charge is 2.42. The molecule has 2 fully saturated rings. The number of nitrogens with one attached hydrogen (secondary N) is 1. The molecule has 2 aromatic rings. The summed E-state index contributed by atoms with van der Waals surface area (Å²) in [6.07, 6.45) is -1.31. The topological polar surface area (TPSA) is 56.3 Å². The quantitative estimate of drug-likeness (QED) is 0.871. The molecule has 140 valence electrons. The summed E-state index contributed by atoms with van der Waals surface area (Å²) in [6.45, 7) is 2.03. The number of pyridine rings is 1. The number of hydrogen-bond acceptors (Lipinski definition) is 3. The Morgan fingerprint density at radius 2 is 1.92 bits per heavy atom. The molecule has 2 heterocycles. The van der Waals surface area contributed by atoms with Crippen molar-refractivity contribution < 1.29 is 18.3 Å². The number of nitrogens with zero attached hydrogens (tertiary/aromatic N) is 1. The Balaban J connectivity index is 1.81. The van der Waals surface area contributed by atoms with Gasteiger partial charge in [0.15, 0.2) is 0 Å². The lowest BCUT2D eigenvalue weighted by Gasteiger charge is -2.34. The summed E-state index contributed by atoms with van der Waals surface area (Å²) < 4.78 is 40.2. The molecule has 2 N–H and O–H groups in total. The number of rotatable bonds is 3. The SMILES string of the molecule is C[C@@H]1CC[C@H]([C@H](O)C2CC2)N1c1ccc2[nH]c(=O)cc(C(F)(F)F)c2c1. The second-order valence-corrected chi connectivity index (χ2v) is 7.50. The van der Waals surface area contributed by atoms with Crippen molar-refractivity contribution in [2.75, 3.05) is 4.90 Å². The summed E-state index contributed by atoms with van der Waals surface area (Å²) in [5.74, 6) is 0.301. The number of aliphatic hydroxyl groups is 1. The van der Waals surface area contributed by atoms with Crippen LogP contribution >= 0.6 is 0 Å². The van der Waals surface area contributed by atoms with Crippen LogP contribution in [0.3, 0.4) is 0 Å². The lowest BCUT2D eigenvalue weighted by molar-refractivity contribution is -0.136. The standard InChI is InChI=1S/C19H21F3N2O2/c1-10-2-7-16(18(26)11-3-4-11)24(10)12-5-6-15-13(8-12)14(19(20,21)22)9-17(25)23-15/h5-6,8-11,16,18,26H,2-4,7H2,1H3,(H,23,25)/t10-,16-,18-/m1/s1. The van der Waals surface area contributed by atoms with Crippen LogP contribution in [0.2, 0.25) is 0 Å². The van der Waals surface area contributed by atoms with Gasteiger partial charge in [-0.3, -0.25) is 4.79 Å². The van der Waals surface area contributed by atoms with Crippen molar-refractivity contribution in [3.05, 3.63) is 40.2 Å². The Hall–Kier alpha value is -2.02. The van der Waals surface area contributed by atoms with Crippen molar-refractivity contribution in [3.63, 3.8) is 0 Å². The first-order valence-corrected chi connectivity index (χ1v) is 8.96. The highest BCUT2D eigenvalue weighted by molar-refractivity contribution is 5.86. The predicted molar refractivity (Wildman–Crippen MR) is 93.3 cm³/mol. The first-order chi connectivity index (χ1) is 12.3. The van der Waals surface area contributed by atoms with Gasteiger partial charge < -0.3 is 15.0 Å². The maximum Gasteiger partial charge on any atom is 0.417 e. The molecule has 1 saturated carbocycles. The van der Waals surface area contributed by atoms with Gasteiger partial charge in [0.1, 0.15) is 0 Å².